The summed E-state index contributed by atoms with van der Waals surface area (Å²) in [6, 6.07) is 7.53. The van der Waals surface area contributed by atoms with E-state index in [-0.39, 0.29) is 11.9 Å². The van der Waals surface area contributed by atoms with Crippen molar-refractivity contribution in [2.45, 2.75) is 6.04 Å². The van der Waals surface area contributed by atoms with E-state index in [9.17, 15) is 4.79 Å². The highest BCUT2D eigenvalue weighted by atomic mass is 32.2. The Morgan fingerprint density at radius 2 is 2.04 bits per heavy atom. The van der Waals surface area contributed by atoms with Gasteiger partial charge in [-0.15, -0.1) is 0 Å². The van der Waals surface area contributed by atoms with E-state index in [0.717, 1.165) is 30.4 Å². The van der Waals surface area contributed by atoms with Gasteiger partial charge in [-0.25, -0.2) is 0 Å². The molecular formula is C17H20N2O3S. The van der Waals surface area contributed by atoms with E-state index in [1.807, 2.05) is 23.9 Å². The number of hydrogen-bond donors (Lipinski definition) is 1. The van der Waals surface area contributed by atoms with Crippen LogP contribution in [0.3, 0.4) is 0 Å². The largest absolute Gasteiger partial charge is 0.468 e. The average Bonchev–Trinajstić information content (AvgIpc) is 3.28. The van der Waals surface area contributed by atoms with E-state index in [2.05, 4.69) is 10.2 Å². The molecule has 3 rings (SSSR count). The minimum Gasteiger partial charge on any atom is -0.468 e. The van der Waals surface area contributed by atoms with Gasteiger partial charge in [-0.05, 0) is 30.3 Å². The van der Waals surface area contributed by atoms with Gasteiger partial charge in [0.1, 0.15) is 11.5 Å². The molecule has 1 unspecified atom stereocenters. The van der Waals surface area contributed by atoms with Crippen LogP contribution in [0.1, 0.15) is 17.6 Å². The summed E-state index contributed by atoms with van der Waals surface area (Å²) in [7, 11) is 0. The highest BCUT2D eigenvalue weighted by Gasteiger charge is 2.24. The second-order valence-electron chi connectivity index (χ2n) is 5.27. The fourth-order valence-electron chi connectivity index (χ4n) is 2.58. The van der Waals surface area contributed by atoms with Crippen molar-refractivity contribution < 1.29 is 13.6 Å². The Bertz CT molecular complexity index is 616. The van der Waals surface area contributed by atoms with Gasteiger partial charge in [0.15, 0.2) is 0 Å². The number of carbonyl (C=O) groups excluding carboxylic acids is 1. The first kappa shape index (κ1) is 16.0. The third-order valence-corrected chi connectivity index (χ3v) is 4.71. The number of rotatable bonds is 6. The van der Waals surface area contributed by atoms with Gasteiger partial charge >= 0.3 is 0 Å². The van der Waals surface area contributed by atoms with E-state index in [1.165, 1.54) is 6.08 Å². The van der Waals surface area contributed by atoms with Crippen molar-refractivity contribution in [1.82, 2.24) is 10.2 Å². The molecule has 122 valence electrons. The monoisotopic (exact) mass is 332 g/mol. The number of amides is 1. The summed E-state index contributed by atoms with van der Waals surface area (Å²) in [5.41, 5.74) is 0. The molecule has 6 heteroatoms. The van der Waals surface area contributed by atoms with Crippen LogP contribution < -0.4 is 5.32 Å². The van der Waals surface area contributed by atoms with Crippen molar-refractivity contribution in [2.24, 2.45) is 0 Å². The van der Waals surface area contributed by atoms with Crippen LogP contribution in [-0.4, -0.2) is 41.9 Å². The Morgan fingerprint density at radius 1 is 1.26 bits per heavy atom. The van der Waals surface area contributed by atoms with Gasteiger partial charge in [-0.2, -0.15) is 11.8 Å². The van der Waals surface area contributed by atoms with Crippen molar-refractivity contribution in [2.75, 3.05) is 31.1 Å². The summed E-state index contributed by atoms with van der Waals surface area (Å²) in [6.45, 7) is 2.54. The maximum atomic E-state index is 12.0. The molecule has 0 aliphatic carbocycles. The minimum atomic E-state index is -0.135. The van der Waals surface area contributed by atoms with Gasteiger partial charge in [0, 0.05) is 37.2 Å². The predicted octanol–water partition coefficient (Wildman–Crippen LogP) is 2.79. The van der Waals surface area contributed by atoms with Crippen LogP contribution in [0.4, 0.5) is 0 Å². The lowest BCUT2D eigenvalue weighted by Crippen LogP contribution is -2.41. The SMILES string of the molecule is O=C(C=Cc1ccco1)NCC(c1ccco1)N1CCSCC1. The Balaban J connectivity index is 1.58. The zero-order chi connectivity index (χ0) is 15.9. The fourth-order valence-corrected chi connectivity index (χ4v) is 3.51. The molecule has 1 aliphatic rings. The summed E-state index contributed by atoms with van der Waals surface area (Å²) < 4.78 is 10.7. The number of nitrogens with one attached hydrogen (secondary N) is 1. The second-order valence-corrected chi connectivity index (χ2v) is 6.50. The van der Waals surface area contributed by atoms with Crippen molar-refractivity contribution in [3.63, 3.8) is 0 Å². The molecule has 1 N–H and O–H groups in total. The van der Waals surface area contributed by atoms with E-state index in [0.29, 0.717) is 12.3 Å². The molecule has 0 bridgehead atoms. The Kier molecular flexibility index (Phi) is 5.60. The topological polar surface area (TPSA) is 58.6 Å². The maximum absolute atomic E-state index is 12.0. The van der Waals surface area contributed by atoms with Gasteiger partial charge in [-0.3, -0.25) is 9.69 Å². The van der Waals surface area contributed by atoms with E-state index in [1.54, 1.807) is 30.7 Å². The molecule has 0 spiro atoms. The molecular weight excluding hydrogens is 312 g/mol. The molecule has 2 aromatic rings. The molecule has 1 amide bonds. The predicted molar refractivity (Wildman–Crippen MR) is 91.1 cm³/mol. The summed E-state index contributed by atoms with van der Waals surface area (Å²) in [6.07, 6.45) is 6.41. The van der Waals surface area contributed by atoms with Crippen LogP contribution in [-0.2, 0) is 4.79 Å². The minimum absolute atomic E-state index is 0.0758. The molecule has 1 fully saturated rings. The lowest BCUT2D eigenvalue weighted by Gasteiger charge is -2.33. The van der Waals surface area contributed by atoms with E-state index < -0.39 is 0 Å². The molecule has 5 nitrogen and oxygen atoms in total. The summed E-state index contributed by atoms with van der Waals surface area (Å²) in [4.78, 5) is 14.4. The maximum Gasteiger partial charge on any atom is 0.244 e. The van der Waals surface area contributed by atoms with Gasteiger partial charge in [0.05, 0.1) is 18.6 Å². The highest BCUT2D eigenvalue weighted by molar-refractivity contribution is 7.99. The molecule has 23 heavy (non-hydrogen) atoms. The van der Waals surface area contributed by atoms with Crippen molar-refractivity contribution >= 4 is 23.7 Å². The molecule has 1 atom stereocenters. The first-order chi connectivity index (χ1) is 11.3. The standard InChI is InChI=1S/C17H20N2O3S/c20-17(6-5-14-3-1-9-21-14)18-13-15(16-4-2-10-22-16)19-7-11-23-12-8-19/h1-6,9-10,15H,7-8,11-13H2,(H,18,20). The first-order valence-corrected chi connectivity index (χ1v) is 8.83. The van der Waals surface area contributed by atoms with Crippen LogP contribution in [0.15, 0.2) is 51.7 Å². The van der Waals surface area contributed by atoms with Gasteiger partial charge in [0.2, 0.25) is 5.91 Å². The number of nitrogens with zero attached hydrogens (tertiary/aromatic N) is 1. The fraction of sp³-hybridized carbons (Fsp3) is 0.353. The second kappa shape index (κ2) is 8.08. The normalized spacial score (nSPS) is 17.4. The molecule has 0 radical (unpaired) electrons. The van der Waals surface area contributed by atoms with E-state index >= 15 is 0 Å². The smallest absolute Gasteiger partial charge is 0.244 e. The van der Waals surface area contributed by atoms with Gasteiger partial charge < -0.3 is 14.2 Å². The molecule has 2 aromatic heterocycles. The lowest BCUT2D eigenvalue weighted by atomic mass is 10.2. The highest BCUT2D eigenvalue weighted by Crippen LogP contribution is 2.24. The number of hydrogen-bond acceptors (Lipinski definition) is 5. The number of thioether (sulfide) groups is 1. The zero-order valence-corrected chi connectivity index (χ0v) is 13.6. The Labute approximate surface area is 139 Å². The third-order valence-electron chi connectivity index (χ3n) is 3.77. The van der Waals surface area contributed by atoms with Crippen molar-refractivity contribution in [1.29, 1.82) is 0 Å². The van der Waals surface area contributed by atoms with Gasteiger partial charge in [0.25, 0.3) is 0 Å². The molecule has 0 saturated carbocycles. The lowest BCUT2D eigenvalue weighted by molar-refractivity contribution is -0.116. The average molecular weight is 332 g/mol. The number of furan rings is 2. The molecule has 1 aliphatic heterocycles. The van der Waals surface area contributed by atoms with Crippen molar-refractivity contribution in [3.8, 4) is 0 Å². The van der Waals surface area contributed by atoms with Crippen LogP contribution in [0, 0.1) is 0 Å². The summed E-state index contributed by atoms with van der Waals surface area (Å²) in [5.74, 6) is 3.65. The van der Waals surface area contributed by atoms with Crippen LogP contribution >= 0.6 is 11.8 Å². The Morgan fingerprint density at radius 3 is 2.74 bits per heavy atom. The van der Waals surface area contributed by atoms with Gasteiger partial charge in [-0.1, -0.05) is 0 Å². The first-order valence-electron chi connectivity index (χ1n) is 7.67. The quantitative estimate of drug-likeness (QED) is 0.824. The molecule has 0 aromatic carbocycles. The third kappa shape index (κ3) is 4.53. The van der Waals surface area contributed by atoms with E-state index in [4.69, 9.17) is 8.83 Å². The summed E-state index contributed by atoms with van der Waals surface area (Å²) in [5, 5.41) is 2.95. The number of carbonyl (C=O) groups is 1. The van der Waals surface area contributed by atoms with Crippen LogP contribution in [0.25, 0.3) is 6.08 Å². The van der Waals surface area contributed by atoms with Crippen molar-refractivity contribution in [3.05, 3.63) is 54.4 Å². The summed E-state index contributed by atoms with van der Waals surface area (Å²) >= 11 is 1.96. The van der Waals surface area contributed by atoms with Crippen LogP contribution in [0.5, 0.6) is 0 Å². The molecule has 1 saturated heterocycles. The molecule has 3 heterocycles. The Hall–Kier alpha value is -1.92. The zero-order valence-electron chi connectivity index (χ0n) is 12.8. The van der Waals surface area contributed by atoms with Crippen LogP contribution in [0.2, 0.25) is 0 Å².